The van der Waals surface area contributed by atoms with E-state index in [4.69, 9.17) is 9.47 Å². The molecule has 0 aromatic carbocycles. The number of nitrogens with zero attached hydrogens (tertiary/aromatic N) is 1. The molecule has 180 valence electrons. The molecule has 0 saturated carbocycles. The summed E-state index contributed by atoms with van der Waals surface area (Å²) in [5.74, 6) is -3.69. The average molecular weight is 454 g/mol. The smallest absolute Gasteiger partial charge is 0.376 e. The molecule has 1 aliphatic heterocycles. The van der Waals surface area contributed by atoms with E-state index in [1.807, 2.05) is 13.8 Å². The van der Waals surface area contributed by atoms with Gasteiger partial charge < -0.3 is 25.0 Å². The third kappa shape index (κ3) is 7.35. The zero-order valence-electron chi connectivity index (χ0n) is 19.9. The van der Waals surface area contributed by atoms with Crippen LogP contribution in [0.2, 0.25) is 0 Å². The molecule has 1 aliphatic rings. The van der Waals surface area contributed by atoms with Gasteiger partial charge in [0.1, 0.15) is 12.1 Å². The molecule has 1 saturated heterocycles. The molecule has 1 fully saturated rings. The average Bonchev–Trinajstić information content (AvgIpc) is 3.17. The van der Waals surface area contributed by atoms with E-state index in [1.165, 1.54) is 11.8 Å². The van der Waals surface area contributed by atoms with Gasteiger partial charge in [-0.1, -0.05) is 27.7 Å². The molecule has 10 heteroatoms. The van der Waals surface area contributed by atoms with E-state index in [9.17, 15) is 24.0 Å². The third-order valence-corrected chi connectivity index (χ3v) is 4.92. The molecule has 1 unspecified atom stereocenters. The fourth-order valence-corrected chi connectivity index (χ4v) is 3.44. The molecule has 1 heterocycles. The van der Waals surface area contributed by atoms with Crippen LogP contribution in [-0.4, -0.2) is 59.8 Å². The van der Waals surface area contributed by atoms with Crippen LogP contribution in [0.15, 0.2) is 11.5 Å². The Bertz CT molecular complexity index is 773. The molecule has 2 N–H and O–H groups in total. The van der Waals surface area contributed by atoms with Gasteiger partial charge >= 0.3 is 11.9 Å². The summed E-state index contributed by atoms with van der Waals surface area (Å²) in [6.07, 6.45) is 1.04. The summed E-state index contributed by atoms with van der Waals surface area (Å²) in [4.78, 5) is 63.1. The second-order valence-corrected chi connectivity index (χ2v) is 8.31. The Kier molecular flexibility index (Phi) is 10.3. The molecule has 0 aromatic rings. The van der Waals surface area contributed by atoms with Crippen LogP contribution >= 0.6 is 0 Å². The highest BCUT2D eigenvalue weighted by molar-refractivity contribution is 5.95. The van der Waals surface area contributed by atoms with Gasteiger partial charge in [0, 0.05) is 20.4 Å². The van der Waals surface area contributed by atoms with Crippen molar-refractivity contribution in [3.8, 4) is 0 Å². The van der Waals surface area contributed by atoms with Gasteiger partial charge in [-0.25, -0.2) is 4.79 Å². The van der Waals surface area contributed by atoms with E-state index in [1.54, 1.807) is 20.8 Å². The van der Waals surface area contributed by atoms with Crippen molar-refractivity contribution in [3.63, 3.8) is 0 Å². The van der Waals surface area contributed by atoms with Gasteiger partial charge in [0.15, 0.2) is 0 Å². The normalized spacial score (nSPS) is 17.5. The van der Waals surface area contributed by atoms with Crippen molar-refractivity contribution in [1.82, 2.24) is 15.5 Å². The molecule has 10 nitrogen and oxygen atoms in total. The minimum atomic E-state index is -0.864. The highest BCUT2D eigenvalue weighted by Crippen LogP contribution is 2.22. The number of ether oxygens (including phenoxy) is 2. The number of hydrogen-bond donors (Lipinski definition) is 2. The zero-order chi connectivity index (χ0) is 24.6. The first-order valence-electron chi connectivity index (χ1n) is 10.9. The first-order chi connectivity index (χ1) is 14.9. The van der Waals surface area contributed by atoms with Crippen molar-refractivity contribution >= 4 is 29.7 Å². The summed E-state index contributed by atoms with van der Waals surface area (Å²) in [7, 11) is 0. The lowest BCUT2D eigenvalue weighted by Gasteiger charge is -2.30. The standard InChI is InChI=1S/C22H35N3O7/c1-8-31-22(30)19(32-15(7)27)17(12(2)3)24-20(28)16-10-9-11-25(16)21(29)18(13(4)5)23-14(6)26/h12-13,16,18H,8-11H2,1-7H3,(H,23,26)(H,24,28)/b19-17+/t16-,18?/m0/s1. The summed E-state index contributed by atoms with van der Waals surface area (Å²) in [6, 6.07) is -1.54. The van der Waals surface area contributed by atoms with Crippen molar-refractivity contribution in [2.24, 2.45) is 11.8 Å². The lowest BCUT2D eigenvalue weighted by molar-refractivity contribution is -0.150. The molecule has 3 amide bonds. The summed E-state index contributed by atoms with van der Waals surface area (Å²) in [5, 5.41) is 5.33. The molecule has 2 atom stereocenters. The first kappa shape index (κ1) is 27.1. The Morgan fingerprint density at radius 2 is 1.69 bits per heavy atom. The Hall–Kier alpha value is -2.91. The number of rotatable bonds is 9. The van der Waals surface area contributed by atoms with Crippen molar-refractivity contribution in [2.75, 3.05) is 13.2 Å². The minimum Gasteiger partial charge on any atom is -0.460 e. The predicted molar refractivity (Wildman–Crippen MR) is 116 cm³/mol. The lowest BCUT2D eigenvalue weighted by atomic mass is 10.0. The van der Waals surface area contributed by atoms with Crippen LogP contribution in [0.3, 0.4) is 0 Å². The number of carbonyl (C=O) groups excluding carboxylic acids is 5. The number of carbonyl (C=O) groups is 5. The summed E-state index contributed by atoms with van der Waals surface area (Å²) >= 11 is 0. The van der Waals surface area contributed by atoms with Gasteiger partial charge in [-0.3, -0.25) is 19.2 Å². The van der Waals surface area contributed by atoms with Crippen molar-refractivity contribution in [3.05, 3.63) is 11.5 Å². The highest BCUT2D eigenvalue weighted by atomic mass is 16.6. The third-order valence-electron chi connectivity index (χ3n) is 4.92. The predicted octanol–water partition coefficient (Wildman–Crippen LogP) is 1.25. The Morgan fingerprint density at radius 1 is 1.06 bits per heavy atom. The quantitative estimate of drug-likeness (QED) is 0.305. The summed E-state index contributed by atoms with van der Waals surface area (Å²) in [6.45, 7) is 11.6. The highest BCUT2D eigenvalue weighted by Gasteiger charge is 2.39. The van der Waals surface area contributed by atoms with E-state index in [0.717, 1.165) is 6.92 Å². The zero-order valence-corrected chi connectivity index (χ0v) is 19.9. The molecular formula is C22H35N3O7. The second-order valence-electron chi connectivity index (χ2n) is 8.31. The van der Waals surface area contributed by atoms with E-state index in [-0.39, 0.29) is 41.7 Å². The Balaban J connectivity index is 3.21. The summed E-state index contributed by atoms with van der Waals surface area (Å²) in [5.41, 5.74) is 0.102. The molecular weight excluding hydrogens is 418 g/mol. The van der Waals surface area contributed by atoms with E-state index in [0.29, 0.717) is 19.4 Å². The van der Waals surface area contributed by atoms with Crippen molar-refractivity contribution < 1.29 is 33.4 Å². The topological polar surface area (TPSA) is 131 Å². The second kappa shape index (κ2) is 12.2. The lowest BCUT2D eigenvalue weighted by Crippen LogP contribution is -2.55. The van der Waals surface area contributed by atoms with Gasteiger partial charge in [0.25, 0.3) is 0 Å². The number of likely N-dealkylation sites (tertiary alicyclic amines) is 1. The van der Waals surface area contributed by atoms with Crippen LogP contribution < -0.4 is 10.6 Å². The largest absolute Gasteiger partial charge is 0.460 e. The Morgan fingerprint density at radius 3 is 2.16 bits per heavy atom. The number of nitrogens with one attached hydrogen (secondary N) is 2. The Labute approximate surface area is 189 Å². The van der Waals surface area contributed by atoms with E-state index in [2.05, 4.69) is 10.6 Å². The molecule has 0 spiro atoms. The molecule has 32 heavy (non-hydrogen) atoms. The van der Waals surface area contributed by atoms with Gasteiger partial charge in [-0.05, 0) is 31.6 Å². The van der Waals surface area contributed by atoms with Gasteiger partial charge in [-0.15, -0.1) is 0 Å². The van der Waals surface area contributed by atoms with Crippen LogP contribution in [0, 0.1) is 11.8 Å². The van der Waals surface area contributed by atoms with Crippen molar-refractivity contribution in [2.45, 2.75) is 73.4 Å². The minimum absolute atomic E-state index is 0.0631. The summed E-state index contributed by atoms with van der Waals surface area (Å²) < 4.78 is 10.0. The van der Waals surface area contributed by atoms with Crippen LogP contribution in [-0.2, 0) is 33.4 Å². The molecule has 0 aliphatic carbocycles. The molecule has 0 radical (unpaired) electrons. The molecule has 1 rings (SSSR count). The number of esters is 2. The number of allylic oxidation sites excluding steroid dienone is 1. The van der Waals surface area contributed by atoms with Crippen LogP contribution in [0.5, 0.6) is 0 Å². The van der Waals surface area contributed by atoms with E-state index < -0.39 is 29.9 Å². The SMILES string of the molecule is CCOC(=O)/C(OC(C)=O)=C(\NC(=O)[C@@H]1CCCN1C(=O)C(NC(C)=O)C(C)C)C(C)C. The maximum absolute atomic E-state index is 13.1. The van der Waals surface area contributed by atoms with E-state index >= 15 is 0 Å². The number of hydrogen-bond acceptors (Lipinski definition) is 7. The first-order valence-corrected chi connectivity index (χ1v) is 10.9. The van der Waals surface area contributed by atoms with Crippen molar-refractivity contribution in [1.29, 1.82) is 0 Å². The van der Waals surface area contributed by atoms with Gasteiger partial charge in [0.05, 0.1) is 12.3 Å². The maximum atomic E-state index is 13.1. The number of amides is 3. The van der Waals surface area contributed by atoms with Crippen LogP contribution in [0.25, 0.3) is 0 Å². The maximum Gasteiger partial charge on any atom is 0.376 e. The van der Waals surface area contributed by atoms with Gasteiger partial charge in [-0.2, -0.15) is 0 Å². The van der Waals surface area contributed by atoms with Crippen LogP contribution in [0.1, 0.15) is 61.3 Å². The monoisotopic (exact) mass is 453 g/mol. The molecule has 0 bridgehead atoms. The molecule has 0 aromatic heterocycles. The fourth-order valence-electron chi connectivity index (χ4n) is 3.44. The van der Waals surface area contributed by atoms with Gasteiger partial charge in [0.2, 0.25) is 23.5 Å². The fraction of sp³-hybridized carbons (Fsp3) is 0.682. The van der Waals surface area contributed by atoms with Crippen LogP contribution in [0.4, 0.5) is 0 Å².